The fraction of sp³-hybridized carbons (Fsp3) is 0.471. The average molecular weight is 345 g/mol. The van der Waals surface area contributed by atoms with E-state index in [4.69, 9.17) is 9.26 Å². The summed E-state index contributed by atoms with van der Waals surface area (Å²) in [6.07, 6.45) is 4.86. The van der Waals surface area contributed by atoms with Crippen LogP contribution >= 0.6 is 11.8 Å². The number of rotatable bonds is 4. The van der Waals surface area contributed by atoms with Gasteiger partial charge in [-0.2, -0.15) is 4.98 Å². The topological polar surface area (TPSA) is 68.5 Å². The van der Waals surface area contributed by atoms with Crippen LogP contribution in [-0.2, 0) is 22.4 Å². The van der Waals surface area contributed by atoms with Gasteiger partial charge in [0, 0.05) is 11.4 Å². The monoisotopic (exact) mass is 345 g/mol. The Balaban J connectivity index is 1.41. The lowest BCUT2D eigenvalue weighted by Crippen LogP contribution is -2.44. The molecule has 1 unspecified atom stereocenters. The molecule has 1 aliphatic heterocycles. The number of fused-ring (bicyclic) bond motifs is 1. The Hall–Kier alpha value is -1.86. The van der Waals surface area contributed by atoms with Gasteiger partial charge in [0.15, 0.2) is 5.82 Å². The van der Waals surface area contributed by atoms with Crippen molar-refractivity contribution in [3.8, 4) is 0 Å². The van der Waals surface area contributed by atoms with Crippen molar-refractivity contribution in [2.75, 3.05) is 25.5 Å². The van der Waals surface area contributed by atoms with Crippen molar-refractivity contribution in [2.24, 2.45) is 0 Å². The van der Waals surface area contributed by atoms with Crippen LogP contribution in [0.2, 0.25) is 0 Å². The second-order valence-electron chi connectivity index (χ2n) is 6.04. The predicted molar refractivity (Wildman–Crippen MR) is 88.8 cm³/mol. The highest BCUT2D eigenvalue weighted by Gasteiger charge is 2.31. The lowest BCUT2D eigenvalue weighted by molar-refractivity contribution is -0.137. The number of hydrogen-bond acceptors (Lipinski definition) is 6. The molecule has 0 saturated carbocycles. The van der Waals surface area contributed by atoms with Gasteiger partial charge in [0.1, 0.15) is 6.04 Å². The van der Waals surface area contributed by atoms with E-state index in [9.17, 15) is 4.79 Å². The lowest BCUT2D eigenvalue weighted by atomic mass is 10.1. The zero-order valence-corrected chi connectivity index (χ0v) is 14.1. The van der Waals surface area contributed by atoms with Crippen molar-refractivity contribution in [3.05, 3.63) is 41.5 Å². The van der Waals surface area contributed by atoms with Crippen LogP contribution in [0.4, 0.5) is 0 Å². The van der Waals surface area contributed by atoms with Crippen LogP contribution in [0, 0.1) is 0 Å². The first-order valence-corrected chi connectivity index (χ1v) is 9.18. The van der Waals surface area contributed by atoms with E-state index in [1.165, 1.54) is 30.4 Å². The summed E-state index contributed by atoms with van der Waals surface area (Å²) in [6.45, 7) is 1.52. The number of aryl methyl sites for hydroxylation is 2. The standard InChI is InChI=1S/C17H19N3O3S/c21-16(10-24-14-5-4-12-2-1-3-13(12)8-14)20-6-7-22-9-15(20)17-18-11-23-19-17/h4-5,8,11,15H,1-3,6-7,9-10H2. The first kappa shape index (κ1) is 15.7. The van der Waals surface area contributed by atoms with E-state index in [-0.39, 0.29) is 11.9 Å². The molecule has 6 nitrogen and oxygen atoms in total. The van der Waals surface area contributed by atoms with Crippen LogP contribution in [0.3, 0.4) is 0 Å². The molecule has 1 aliphatic carbocycles. The number of aromatic nitrogens is 2. The van der Waals surface area contributed by atoms with Gasteiger partial charge < -0.3 is 14.2 Å². The molecule has 126 valence electrons. The van der Waals surface area contributed by atoms with Gasteiger partial charge in [-0.25, -0.2) is 0 Å². The van der Waals surface area contributed by atoms with Gasteiger partial charge in [0.25, 0.3) is 0 Å². The van der Waals surface area contributed by atoms with E-state index < -0.39 is 0 Å². The smallest absolute Gasteiger partial charge is 0.233 e. The number of carbonyl (C=O) groups is 1. The molecule has 2 heterocycles. The van der Waals surface area contributed by atoms with Gasteiger partial charge in [-0.1, -0.05) is 11.2 Å². The highest BCUT2D eigenvalue weighted by molar-refractivity contribution is 8.00. The van der Waals surface area contributed by atoms with Crippen LogP contribution in [0.1, 0.15) is 29.4 Å². The zero-order valence-electron chi connectivity index (χ0n) is 13.3. The molecule has 1 atom stereocenters. The van der Waals surface area contributed by atoms with E-state index in [2.05, 4.69) is 28.3 Å². The second-order valence-corrected chi connectivity index (χ2v) is 7.09. The molecule has 1 fully saturated rings. The number of thioether (sulfide) groups is 1. The lowest BCUT2D eigenvalue weighted by Gasteiger charge is -2.33. The third-order valence-corrected chi connectivity index (χ3v) is 5.54. The molecule has 1 aromatic carbocycles. The quantitative estimate of drug-likeness (QED) is 0.792. The minimum atomic E-state index is -0.259. The Kier molecular flexibility index (Phi) is 4.53. The SMILES string of the molecule is O=C(CSc1ccc2c(c1)CCC2)N1CCOCC1c1ncon1. The van der Waals surface area contributed by atoms with E-state index in [0.717, 1.165) is 11.3 Å². The number of nitrogens with zero attached hydrogens (tertiary/aromatic N) is 3. The Morgan fingerprint density at radius 3 is 3.12 bits per heavy atom. The van der Waals surface area contributed by atoms with E-state index in [0.29, 0.717) is 31.3 Å². The number of benzene rings is 1. The third-order valence-electron chi connectivity index (χ3n) is 4.56. The molecule has 0 N–H and O–H groups in total. The summed E-state index contributed by atoms with van der Waals surface area (Å²) >= 11 is 1.59. The zero-order chi connectivity index (χ0) is 16.4. The molecule has 1 amide bonds. The summed E-state index contributed by atoms with van der Waals surface area (Å²) in [5, 5.41) is 3.86. The fourth-order valence-electron chi connectivity index (χ4n) is 3.31. The molecule has 2 aromatic rings. The Bertz CT molecular complexity index is 720. The van der Waals surface area contributed by atoms with Crippen molar-refractivity contribution < 1.29 is 14.1 Å². The summed E-state index contributed by atoms with van der Waals surface area (Å²) < 4.78 is 10.3. The van der Waals surface area contributed by atoms with Gasteiger partial charge in [-0.05, 0) is 42.5 Å². The second kappa shape index (κ2) is 6.94. The molecule has 4 rings (SSSR count). The Labute approximate surface area is 144 Å². The molecule has 7 heteroatoms. The fourth-order valence-corrected chi connectivity index (χ4v) is 4.15. The van der Waals surface area contributed by atoms with Gasteiger partial charge >= 0.3 is 0 Å². The largest absolute Gasteiger partial charge is 0.377 e. The molecule has 1 saturated heterocycles. The summed E-state index contributed by atoms with van der Waals surface area (Å²) in [6, 6.07) is 6.30. The maximum Gasteiger partial charge on any atom is 0.233 e. The van der Waals surface area contributed by atoms with Crippen molar-refractivity contribution in [2.45, 2.75) is 30.2 Å². The van der Waals surface area contributed by atoms with Crippen LogP contribution in [0.25, 0.3) is 0 Å². The summed E-state index contributed by atoms with van der Waals surface area (Å²) in [4.78, 5) is 19.7. The van der Waals surface area contributed by atoms with E-state index >= 15 is 0 Å². The first-order chi connectivity index (χ1) is 11.8. The average Bonchev–Trinajstić information content (AvgIpc) is 3.30. The first-order valence-electron chi connectivity index (χ1n) is 8.19. The number of morpholine rings is 1. The van der Waals surface area contributed by atoms with E-state index in [1.54, 1.807) is 16.7 Å². The molecule has 2 aliphatic rings. The molecule has 0 radical (unpaired) electrons. The van der Waals surface area contributed by atoms with Crippen molar-refractivity contribution in [1.29, 1.82) is 0 Å². The molecular formula is C17H19N3O3S. The summed E-state index contributed by atoms with van der Waals surface area (Å²) in [7, 11) is 0. The van der Waals surface area contributed by atoms with Crippen molar-refractivity contribution in [1.82, 2.24) is 15.0 Å². The molecule has 0 spiro atoms. The van der Waals surface area contributed by atoms with Gasteiger partial charge in [-0.15, -0.1) is 11.8 Å². The van der Waals surface area contributed by atoms with Gasteiger partial charge in [-0.3, -0.25) is 4.79 Å². The molecule has 0 bridgehead atoms. The van der Waals surface area contributed by atoms with Crippen LogP contribution < -0.4 is 0 Å². The number of hydrogen-bond donors (Lipinski definition) is 0. The molecular weight excluding hydrogens is 326 g/mol. The Morgan fingerprint density at radius 2 is 2.25 bits per heavy atom. The summed E-state index contributed by atoms with van der Waals surface area (Å²) in [5.41, 5.74) is 2.89. The number of ether oxygens (including phenoxy) is 1. The Morgan fingerprint density at radius 1 is 1.33 bits per heavy atom. The van der Waals surface area contributed by atoms with Crippen molar-refractivity contribution >= 4 is 17.7 Å². The number of carbonyl (C=O) groups excluding carboxylic acids is 1. The predicted octanol–water partition coefficient (Wildman–Crippen LogP) is 2.25. The highest BCUT2D eigenvalue weighted by Crippen LogP contribution is 2.29. The highest BCUT2D eigenvalue weighted by atomic mass is 32.2. The minimum absolute atomic E-state index is 0.0820. The summed E-state index contributed by atoms with van der Waals surface area (Å²) in [5.74, 6) is 0.997. The van der Waals surface area contributed by atoms with Crippen LogP contribution in [0.5, 0.6) is 0 Å². The van der Waals surface area contributed by atoms with Crippen molar-refractivity contribution in [3.63, 3.8) is 0 Å². The van der Waals surface area contributed by atoms with Gasteiger partial charge in [0.05, 0.1) is 19.0 Å². The van der Waals surface area contributed by atoms with Crippen LogP contribution in [0.15, 0.2) is 34.0 Å². The van der Waals surface area contributed by atoms with Crippen LogP contribution in [-0.4, -0.2) is 46.5 Å². The third kappa shape index (κ3) is 3.18. The van der Waals surface area contributed by atoms with Gasteiger partial charge in [0.2, 0.25) is 12.3 Å². The molecule has 1 aromatic heterocycles. The molecule has 24 heavy (non-hydrogen) atoms. The maximum absolute atomic E-state index is 12.7. The minimum Gasteiger partial charge on any atom is -0.377 e. The van der Waals surface area contributed by atoms with E-state index in [1.807, 2.05) is 0 Å². The normalized spacial score (nSPS) is 20.2. The maximum atomic E-state index is 12.7. The number of amides is 1.